The number of aliphatic hydroxyl groups excluding tert-OH is 1. The van der Waals surface area contributed by atoms with E-state index in [0.29, 0.717) is 39.3 Å². The highest BCUT2D eigenvalue weighted by Crippen LogP contribution is 2.37. The van der Waals surface area contributed by atoms with Crippen molar-refractivity contribution < 1.29 is 24.1 Å². The Kier molecular flexibility index (Phi) is 4.98. The van der Waals surface area contributed by atoms with Crippen LogP contribution >= 0.6 is 0 Å². The van der Waals surface area contributed by atoms with E-state index in [1.807, 2.05) is 13.8 Å². The molecule has 0 aromatic carbocycles. The first-order chi connectivity index (χ1) is 8.61. The Morgan fingerprint density at radius 3 is 2.67 bits per heavy atom. The van der Waals surface area contributed by atoms with Gasteiger partial charge in [-0.15, -0.1) is 0 Å². The molecule has 18 heavy (non-hydrogen) atoms. The maximum Gasteiger partial charge on any atom is 0.171 e. The summed E-state index contributed by atoms with van der Waals surface area (Å²) in [5.41, 5.74) is 0. The molecule has 0 aromatic heterocycles. The zero-order valence-corrected chi connectivity index (χ0v) is 11.3. The number of ether oxygens (including phenoxy) is 4. The van der Waals surface area contributed by atoms with Crippen LogP contribution in [0.25, 0.3) is 0 Å². The summed E-state index contributed by atoms with van der Waals surface area (Å²) in [5, 5.41) is 9.94. The zero-order valence-electron chi connectivity index (χ0n) is 11.3. The van der Waals surface area contributed by atoms with Gasteiger partial charge in [0.05, 0.1) is 44.7 Å². The van der Waals surface area contributed by atoms with Crippen LogP contribution in [0.5, 0.6) is 0 Å². The van der Waals surface area contributed by atoms with Crippen LogP contribution in [0.1, 0.15) is 33.1 Å². The molecule has 1 heterocycles. The zero-order chi connectivity index (χ0) is 13.0. The molecular formula is C13H24O5. The predicted octanol–water partition coefficient (Wildman–Crippen LogP) is 1.08. The molecule has 1 N–H and O–H groups in total. The van der Waals surface area contributed by atoms with Crippen LogP contribution in [-0.4, -0.2) is 55.6 Å². The Labute approximate surface area is 108 Å². The molecule has 5 nitrogen and oxygen atoms in total. The van der Waals surface area contributed by atoms with E-state index < -0.39 is 11.9 Å². The van der Waals surface area contributed by atoms with Crippen LogP contribution in [0.2, 0.25) is 0 Å². The van der Waals surface area contributed by atoms with Crippen molar-refractivity contribution in [3.63, 3.8) is 0 Å². The summed E-state index contributed by atoms with van der Waals surface area (Å²) in [6, 6.07) is 0. The van der Waals surface area contributed by atoms with Gasteiger partial charge in [-0.05, 0) is 20.3 Å². The molecule has 1 spiro atoms. The van der Waals surface area contributed by atoms with Crippen LogP contribution < -0.4 is 0 Å². The van der Waals surface area contributed by atoms with Crippen LogP contribution in [0.3, 0.4) is 0 Å². The summed E-state index contributed by atoms with van der Waals surface area (Å²) in [6.07, 6.45) is 1.58. The van der Waals surface area contributed by atoms with Crippen molar-refractivity contribution in [1.82, 2.24) is 0 Å². The van der Waals surface area contributed by atoms with Gasteiger partial charge < -0.3 is 24.1 Å². The topological polar surface area (TPSA) is 57.2 Å². The quantitative estimate of drug-likeness (QED) is 0.750. The van der Waals surface area contributed by atoms with Gasteiger partial charge in [-0.25, -0.2) is 0 Å². The lowest BCUT2D eigenvalue weighted by Gasteiger charge is -2.38. The van der Waals surface area contributed by atoms with Gasteiger partial charge >= 0.3 is 0 Å². The Balaban J connectivity index is 1.75. The molecule has 5 heteroatoms. The molecule has 1 saturated carbocycles. The second kappa shape index (κ2) is 6.30. The molecule has 0 amide bonds. The third kappa shape index (κ3) is 3.65. The molecular weight excluding hydrogens is 236 g/mol. The summed E-state index contributed by atoms with van der Waals surface area (Å²) in [7, 11) is 0. The van der Waals surface area contributed by atoms with Gasteiger partial charge in [0.15, 0.2) is 5.79 Å². The van der Waals surface area contributed by atoms with E-state index in [1.165, 1.54) is 0 Å². The molecule has 1 aliphatic heterocycles. The van der Waals surface area contributed by atoms with Crippen molar-refractivity contribution in [1.29, 1.82) is 0 Å². The first kappa shape index (κ1) is 14.2. The summed E-state index contributed by atoms with van der Waals surface area (Å²) < 4.78 is 22.4. The standard InChI is InChI=1S/C13H24O5/c1-10(2)15-5-6-16-12-9-13(4-3-11(12)14)17-7-8-18-13/h10-12,14H,3-9H2,1-2H3. The highest BCUT2D eigenvalue weighted by Gasteiger charge is 2.45. The first-order valence-corrected chi connectivity index (χ1v) is 6.80. The van der Waals surface area contributed by atoms with Crippen LogP contribution in [-0.2, 0) is 18.9 Å². The largest absolute Gasteiger partial charge is 0.390 e. The van der Waals surface area contributed by atoms with Gasteiger partial charge in [0.25, 0.3) is 0 Å². The minimum Gasteiger partial charge on any atom is -0.390 e. The van der Waals surface area contributed by atoms with E-state index in [2.05, 4.69) is 0 Å². The Bertz CT molecular complexity index is 250. The molecule has 2 atom stereocenters. The molecule has 0 aromatic rings. The highest BCUT2D eigenvalue weighted by atomic mass is 16.7. The highest BCUT2D eigenvalue weighted by molar-refractivity contribution is 4.88. The van der Waals surface area contributed by atoms with Gasteiger partial charge in [0.2, 0.25) is 0 Å². The molecule has 2 rings (SSSR count). The van der Waals surface area contributed by atoms with E-state index in [4.69, 9.17) is 18.9 Å². The molecule has 106 valence electrons. The smallest absolute Gasteiger partial charge is 0.171 e. The Hall–Kier alpha value is -0.200. The maximum absolute atomic E-state index is 9.94. The first-order valence-electron chi connectivity index (χ1n) is 6.80. The molecule has 1 aliphatic carbocycles. The van der Waals surface area contributed by atoms with Crippen molar-refractivity contribution >= 4 is 0 Å². The van der Waals surface area contributed by atoms with E-state index in [-0.39, 0.29) is 12.2 Å². The van der Waals surface area contributed by atoms with Crippen LogP contribution in [0, 0.1) is 0 Å². The summed E-state index contributed by atoms with van der Waals surface area (Å²) in [4.78, 5) is 0. The monoisotopic (exact) mass is 260 g/mol. The second-order valence-corrected chi connectivity index (χ2v) is 5.25. The number of rotatable bonds is 5. The average Bonchev–Trinajstić information content (AvgIpc) is 2.77. The summed E-state index contributed by atoms with van der Waals surface area (Å²) in [5.74, 6) is -0.511. The number of hydrogen-bond acceptors (Lipinski definition) is 5. The molecule has 2 unspecified atom stereocenters. The lowest BCUT2D eigenvalue weighted by atomic mass is 9.89. The lowest BCUT2D eigenvalue weighted by molar-refractivity contribution is -0.223. The van der Waals surface area contributed by atoms with Gasteiger partial charge in [-0.3, -0.25) is 0 Å². The van der Waals surface area contributed by atoms with Crippen LogP contribution in [0.4, 0.5) is 0 Å². The molecule has 0 bridgehead atoms. The SMILES string of the molecule is CC(C)OCCOC1CC2(CCC1O)OCCO2. The lowest BCUT2D eigenvalue weighted by Crippen LogP contribution is -2.46. The van der Waals surface area contributed by atoms with Crippen molar-refractivity contribution in [3.8, 4) is 0 Å². The molecule has 0 radical (unpaired) electrons. The molecule has 2 aliphatic rings. The van der Waals surface area contributed by atoms with E-state index in [1.54, 1.807) is 0 Å². The summed E-state index contributed by atoms with van der Waals surface area (Å²) in [6.45, 7) is 6.31. The fourth-order valence-corrected chi connectivity index (χ4v) is 2.51. The van der Waals surface area contributed by atoms with Crippen molar-refractivity contribution in [2.24, 2.45) is 0 Å². The van der Waals surface area contributed by atoms with Crippen molar-refractivity contribution in [2.45, 2.75) is 57.2 Å². The molecule has 1 saturated heterocycles. The van der Waals surface area contributed by atoms with Gasteiger partial charge in [-0.2, -0.15) is 0 Å². The van der Waals surface area contributed by atoms with Gasteiger partial charge in [-0.1, -0.05) is 0 Å². The number of aliphatic hydroxyl groups is 1. The third-order valence-electron chi connectivity index (χ3n) is 3.44. The fraction of sp³-hybridized carbons (Fsp3) is 1.00. The minimum atomic E-state index is -0.511. The van der Waals surface area contributed by atoms with Gasteiger partial charge in [0, 0.05) is 12.8 Å². The predicted molar refractivity (Wildman–Crippen MR) is 65.3 cm³/mol. The molecule has 2 fully saturated rings. The van der Waals surface area contributed by atoms with Crippen molar-refractivity contribution in [2.75, 3.05) is 26.4 Å². The second-order valence-electron chi connectivity index (χ2n) is 5.25. The fourth-order valence-electron chi connectivity index (χ4n) is 2.51. The minimum absolute atomic E-state index is 0.206. The van der Waals surface area contributed by atoms with Crippen LogP contribution in [0.15, 0.2) is 0 Å². The van der Waals surface area contributed by atoms with E-state index in [9.17, 15) is 5.11 Å². The maximum atomic E-state index is 9.94. The van der Waals surface area contributed by atoms with E-state index in [0.717, 1.165) is 6.42 Å². The Morgan fingerprint density at radius 2 is 2.00 bits per heavy atom. The Morgan fingerprint density at radius 1 is 1.28 bits per heavy atom. The van der Waals surface area contributed by atoms with E-state index >= 15 is 0 Å². The van der Waals surface area contributed by atoms with Crippen molar-refractivity contribution in [3.05, 3.63) is 0 Å². The summed E-state index contributed by atoms with van der Waals surface area (Å²) >= 11 is 0. The average molecular weight is 260 g/mol. The third-order valence-corrected chi connectivity index (χ3v) is 3.44. The van der Waals surface area contributed by atoms with Gasteiger partial charge in [0.1, 0.15) is 0 Å². The normalized spacial score (nSPS) is 31.3. The number of hydrogen-bond donors (Lipinski definition) is 1.